The van der Waals surface area contributed by atoms with E-state index in [4.69, 9.17) is 4.42 Å². The van der Waals surface area contributed by atoms with Gasteiger partial charge < -0.3 is 4.42 Å². The number of nitrogens with zero attached hydrogens (tertiary/aromatic N) is 4. The number of imidazole rings is 1. The van der Waals surface area contributed by atoms with E-state index in [2.05, 4.69) is 32.2 Å². The summed E-state index contributed by atoms with van der Waals surface area (Å²) >= 11 is 0. The summed E-state index contributed by atoms with van der Waals surface area (Å²) in [6.45, 7) is 0.809. The maximum absolute atomic E-state index is 6.00. The minimum atomic E-state index is 0.809. The van der Waals surface area contributed by atoms with Crippen LogP contribution < -0.4 is 4.57 Å². The molecule has 5 nitrogen and oxygen atoms in total. The minimum absolute atomic E-state index is 0.809. The molecule has 5 rings (SSSR count). The first-order valence-corrected chi connectivity index (χ1v) is 6.53. The zero-order chi connectivity index (χ0) is 13.3. The Morgan fingerprint density at radius 1 is 1.30 bits per heavy atom. The van der Waals surface area contributed by atoms with Crippen molar-refractivity contribution < 1.29 is 8.98 Å². The highest BCUT2D eigenvalue weighted by Crippen LogP contribution is 2.33. The third kappa shape index (κ3) is 1.02. The molecule has 0 spiro atoms. The quantitative estimate of drug-likeness (QED) is 0.402. The van der Waals surface area contributed by atoms with Crippen LogP contribution in [0.5, 0.6) is 0 Å². The van der Waals surface area contributed by atoms with E-state index in [-0.39, 0.29) is 0 Å². The first-order valence-electron chi connectivity index (χ1n) is 6.53. The first-order chi connectivity index (χ1) is 9.84. The zero-order valence-electron chi connectivity index (χ0n) is 10.9. The van der Waals surface area contributed by atoms with Crippen LogP contribution in [0.3, 0.4) is 0 Å². The van der Waals surface area contributed by atoms with Crippen LogP contribution in [0.1, 0.15) is 5.56 Å². The largest absolute Gasteiger partial charge is 0.417 e. The van der Waals surface area contributed by atoms with E-state index in [1.165, 1.54) is 5.56 Å². The highest BCUT2D eigenvalue weighted by atomic mass is 16.3. The molecule has 0 bridgehead atoms. The van der Waals surface area contributed by atoms with Gasteiger partial charge in [-0.05, 0) is 12.1 Å². The van der Waals surface area contributed by atoms with Gasteiger partial charge in [-0.25, -0.2) is 9.55 Å². The summed E-state index contributed by atoms with van der Waals surface area (Å²) in [7, 11) is 2.06. The van der Waals surface area contributed by atoms with Crippen LogP contribution in [0.4, 0.5) is 0 Å². The molecular weight excluding hydrogens is 252 g/mol. The van der Waals surface area contributed by atoms with Crippen molar-refractivity contribution in [3.05, 3.63) is 42.4 Å². The number of hydrogen-bond donors (Lipinski definition) is 0. The summed E-state index contributed by atoms with van der Waals surface area (Å²) < 4.78 is 10.4. The highest BCUT2D eigenvalue weighted by molar-refractivity contribution is 6.01. The van der Waals surface area contributed by atoms with Gasteiger partial charge in [0.1, 0.15) is 6.54 Å². The maximum atomic E-state index is 6.00. The van der Waals surface area contributed by atoms with Crippen LogP contribution in [0.25, 0.3) is 33.7 Å². The Morgan fingerprint density at radius 2 is 2.25 bits per heavy atom. The molecule has 1 aliphatic heterocycles. The minimum Gasteiger partial charge on any atom is -0.417 e. The zero-order valence-corrected chi connectivity index (χ0v) is 10.9. The summed E-state index contributed by atoms with van der Waals surface area (Å²) in [6.07, 6.45) is 5.40. The van der Waals surface area contributed by atoms with Crippen molar-refractivity contribution >= 4 is 22.2 Å². The molecule has 0 saturated carbocycles. The standard InChI is InChI=1S/C15H11N4O/c1-18-13-10-4-6-16-7-11(10)20-15(13)19-8-9-3-2-5-17-12(9)14(18)19/h2-7H,8H2,1H3/q+1. The van der Waals surface area contributed by atoms with E-state index in [1.54, 1.807) is 12.4 Å². The molecule has 0 unspecified atom stereocenters. The molecule has 4 aromatic rings. The molecule has 0 radical (unpaired) electrons. The monoisotopic (exact) mass is 263 g/mol. The lowest BCUT2D eigenvalue weighted by Gasteiger charge is -1.93. The lowest BCUT2D eigenvalue weighted by Crippen LogP contribution is -2.31. The smallest absolute Gasteiger partial charge is 0.339 e. The third-order valence-corrected chi connectivity index (χ3v) is 4.03. The van der Waals surface area contributed by atoms with E-state index in [0.29, 0.717) is 0 Å². The topological polar surface area (TPSA) is 47.7 Å². The molecule has 1 aliphatic rings. The Morgan fingerprint density at radius 3 is 3.20 bits per heavy atom. The molecule has 0 aromatic carbocycles. The Hall–Kier alpha value is -2.69. The molecule has 0 atom stereocenters. The summed E-state index contributed by atoms with van der Waals surface area (Å²) in [4.78, 5) is 8.65. The fourth-order valence-electron chi connectivity index (χ4n) is 3.19. The molecule has 20 heavy (non-hydrogen) atoms. The second-order valence-electron chi connectivity index (χ2n) is 5.11. The molecule has 5 heterocycles. The molecule has 0 aliphatic carbocycles. The molecule has 96 valence electrons. The Bertz CT molecular complexity index is 996. The number of aryl methyl sites for hydroxylation is 1. The summed E-state index contributed by atoms with van der Waals surface area (Å²) in [5.74, 6) is 1.10. The lowest BCUT2D eigenvalue weighted by atomic mass is 10.2. The predicted octanol–water partition coefficient (Wildman–Crippen LogP) is 2.03. The lowest BCUT2D eigenvalue weighted by molar-refractivity contribution is -0.652. The van der Waals surface area contributed by atoms with Crippen LogP contribution in [0.2, 0.25) is 0 Å². The van der Waals surface area contributed by atoms with E-state index < -0.39 is 0 Å². The van der Waals surface area contributed by atoms with E-state index in [9.17, 15) is 0 Å². The number of pyridine rings is 2. The Balaban J connectivity index is 1.98. The van der Waals surface area contributed by atoms with Crippen molar-refractivity contribution in [3.63, 3.8) is 0 Å². The van der Waals surface area contributed by atoms with Gasteiger partial charge >= 0.3 is 11.5 Å². The van der Waals surface area contributed by atoms with Gasteiger partial charge in [-0.15, -0.1) is 0 Å². The number of rotatable bonds is 0. The number of hydrogen-bond acceptors (Lipinski definition) is 3. The van der Waals surface area contributed by atoms with Crippen LogP contribution in [-0.2, 0) is 13.6 Å². The van der Waals surface area contributed by atoms with Gasteiger partial charge in [0.05, 0.1) is 18.6 Å². The Labute approximate surface area is 114 Å². The summed E-state index contributed by atoms with van der Waals surface area (Å²) in [5, 5.41) is 1.09. The highest BCUT2D eigenvalue weighted by Gasteiger charge is 2.36. The van der Waals surface area contributed by atoms with Gasteiger partial charge in [0.2, 0.25) is 5.52 Å². The molecule has 0 fully saturated rings. The van der Waals surface area contributed by atoms with Crippen molar-refractivity contribution in [1.82, 2.24) is 14.5 Å². The molecule has 0 amide bonds. The fourth-order valence-corrected chi connectivity index (χ4v) is 3.19. The van der Waals surface area contributed by atoms with E-state index in [0.717, 1.165) is 40.3 Å². The molecule has 4 aromatic heterocycles. The fraction of sp³-hybridized carbons (Fsp3) is 0.133. The SMILES string of the molecule is Cn1c2[n+](c3oc4cnccc4c31)Cc1cccnc1-2. The summed E-state index contributed by atoms with van der Waals surface area (Å²) in [6, 6.07) is 6.09. The third-order valence-electron chi connectivity index (χ3n) is 4.03. The van der Waals surface area contributed by atoms with Gasteiger partial charge in [-0.2, -0.15) is 4.57 Å². The predicted molar refractivity (Wildman–Crippen MR) is 73.0 cm³/mol. The second kappa shape index (κ2) is 3.25. The van der Waals surface area contributed by atoms with Gasteiger partial charge in [-0.1, -0.05) is 6.07 Å². The molecule has 0 N–H and O–H groups in total. The number of furan rings is 1. The molecule has 5 heteroatoms. The van der Waals surface area contributed by atoms with Crippen LogP contribution >= 0.6 is 0 Å². The van der Waals surface area contributed by atoms with Gasteiger partial charge in [-0.3, -0.25) is 4.98 Å². The van der Waals surface area contributed by atoms with Gasteiger partial charge in [0.25, 0.3) is 0 Å². The van der Waals surface area contributed by atoms with Crippen LogP contribution in [-0.4, -0.2) is 14.5 Å². The number of fused-ring (bicyclic) bond motifs is 7. The molecule has 0 saturated heterocycles. The van der Waals surface area contributed by atoms with Crippen molar-refractivity contribution in [2.24, 2.45) is 7.05 Å². The van der Waals surface area contributed by atoms with Crippen molar-refractivity contribution in [2.75, 3.05) is 0 Å². The second-order valence-corrected chi connectivity index (χ2v) is 5.11. The van der Waals surface area contributed by atoms with Crippen LogP contribution in [0.15, 0.2) is 41.2 Å². The average Bonchev–Trinajstić information content (AvgIpc) is 3.10. The normalized spacial score (nSPS) is 13.1. The van der Waals surface area contributed by atoms with E-state index in [1.807, 2.05) is 18.3 Å². The summed E-state index contributed by atoms with van der Waals surface area (Å²) in [5.41, 5.74) is 5.10. The maximum Gasteiger partial charge on any atom is 0.339 e. The number of aromatic nitrogens is 4. The van der Waals surface area contributed by atoms with Crippen molar-refractivity contribution in [1.29, 1.82) is 0 Å². The first kappa shape index (κ1) is 10.1. The van der Waals surface area contributed by atoms with Crippen LogP contribution in [0, 0.1) is 0 Å². The van der Waals surface area contributed by atoms with Crippen molar-refractivity contribution in [3.8, 4) is 11.5 Å². The van der Waals surface area contributed by atoms with Crippen molar-refractivity contribution in [2.45, 2.75) is 6.54 Å². The van der Waals surface area contributed by atoms with Gasteiger partial charge in [0, 0.05) is 18.0 Å². The Kier molecular flexibility index (Phi) is 1.65. The molecular formula is C15H11N4O+. The van der Waals surface area contributed by atoms with Gasteiger partial charge in [0.15, 0.2) is 11.3 Å². The average molecular weight is 263 g/mol. The van der Waals surface area contributed by atoms with E-state index >= 15 is 0 Å².